The number of alkyl halides is 3. The molecule has 1 atom stereocenters. The van der Waals surface area contributed by atoms with E-state index in [1.807, 2.05) is 78.9 Å². The number of methoxy groups -OCH3 is 4. The van der Waals surface area contributed by atoms with Crippen molar-refractivity contribution < 1.29 is 36.9 Å². The number of rotatable bonds is 17. The monoisotopic (exact) mass is 1080 g/mol. The SMILES string of the molecule is [C-]#[N+]C1=C(/C=C/C2=C(Cl)C(=C/C=C(c3ccc(N(c4ccc(OC)c(OC)c4)C(C)C)cc3)c3ccc(N(c4ccc(OC)c(OC)c4)C(C)C)cc3)/CC2)C(c2ccc(-c3ccccc3)cc2)(C(F)(F)F)O/C1=C(\C#N)[N+]#[C-]. The van der Waals surface area contributed by atoms with Crippen LogP contribution in [-0.2, 0) is 10.3 Å². The first-order valence-corrected chi connectivity index (χ1v) is 25.7. The summed E-state index contributed by atoms with van der Waals surface area (Å²) >= 11 is 7.19. The molecule has 2 aliphatic rings. The van der Waals surface area contributed by atoms with Crippen LogP contribution in [0.5, 0.6) is 23.0 Å². The molecule has 0 saturated heterocycles. The van der Waals surface area contributed by atoms with Crippen LogP contribution < -0.4 is 28.7 Å². The van der Waals surface area contributed by atoms with E-state index in [-0.39, 0.29) is 17.6 Å². The van der Waals surface area contributed by atoms with Crippen molar-refractivity contribution in [1.82, 2.24) is 0 Å². The number of anilines is 4. The quantitative estimate of drug-likeness (QED) is 0.0660. The Hall–Kier alpha value is -9.09. The zero-order valence-electron chi connectivity index (χ0n) is 44.9. The van der Waals surface area contributed by atoms with Gasteiger partial charge in [0, 0.05) is 63.1 Å². The molecule has 0 saturated carbocycles. The highest BCUT2D eigenvalue weighted by atomic mass is 35.5. The normalized spacial score (nSPS) is 16.4. The molecule has 10 nitrogen and oxygen atoms in total. The first-order valence-electron chi connectivity index (χ1n) is 25.3. The van der Waals surface area contributed by atoms with Crippen molar-refractivity contribution in [3.8, 4) is 40.2 Å². The number of ether oxygens (including phenoxy) is 5. The lowest BCUT2D eigenvalue weighted by Gasteiger charge is -2.34. The van der Waals surface area contributed by atoms with Crippen LogP contribution in [0.4, 0.5) is 35.9 Å². The standard InChI is InChI=1S/C65H57ClF3N5O5/c1-41(2)73(52-32-36-57(75-7)59(38-52)77-9)50-28-20-45(21-29-50)54(46-22-30-51(31-23-46)74(42(3)4)53-33-37-58(76-8)60(39-53)78-10)34-24-47-16-17-48(61(47)66)25-35-55-62(72-6)63(56(40-70)71-5)79-64(55,65(67,68)69)49-26-18-44(19-27-49)43-14-12-11-13-15-43/h11-15,18-39,41-42H,16-17H2,1-4,7-10H3/b35-25+,47-24+,63-56+. The summed E-state index contributed by atoms with van der Waals surface area (Å²) in [4.78, 5) is 11.0. The first-order chi connectivity index (χ1) is 38.0. The van der Waals surface area contributed by atoms with Crippen LogP contribution in [0.2, 0.25) is 0 Å². The Morgan fingerprint density at radius 3 is 1.61 bits per heavy atom. The molecule has 1 aliphatic carbocycles. The van der Waals surface area contributed by atoms with Gasteiger partial charge in [-0.2, -0.15) is 13.2 Å². The maximum Gasteiger partial charge on any atom is 0.435 e. The van der Waals surface area contributed by atoms with E-state index < -0.39 is 34.5 Å². The molecule has 6 aromatic rings. The van der Waals surface area contributed by atoms with Gasteiger partial charge >= 0.3 is 6.18 Å². The van der Waals surface area contributed by atoms with Crippen LogP contribution in [0.3, 0.4) is 0 Å². The Morgan fingerprint density at radius 2 is 1.16 bits per heavy atom. The molecule has 6 aromatic carbocycles. The molecule has 1 aliphatic heterocycles. The second-order valence-electron chi connectivity index (χ2n) is 19.0. The van der Waals surface area contributed by atoms with E-state index in [1.165, 1.54) is 24.3 Å². The Morgan fingerprint density at radius 1 is 0.671 bits per heavy atom. The Balaban J connectivity index is 1.21. The van der Waals surface area contributed by atoms with E-state index in [9.17, 15) is 5.26 Å². The summed E-state index contributed by atoms with van der Waals surface area (Å²) < 4.78 is 75.9. The molecule has 0 N–H and O–H groups in total. The molecule has 1 unspecified atom stereocenters. The average molecular weight is 1080 g/mol. The number of benzene rings is 6. The third-order valence-electron chi connectivity index (χ3n) is 13.8. The van der Waals surface area contributed by atoms with Crippen molar-refractivity contribution >= 4 is 39.9 Å². The lowest BCUT2D eigenvalue weighted by molar-refractivity contribution is -0.249. The van der Waals surface area contributed by atoms with Crippen LogP contribution in [0.1, 0.15) is 57.2 Å². The number of hydrogen-bond acceptors (Lipinski definition) is 8. The predicted octanol–water partition coefficient (Wildman–Crippen LogP) is 17.0. The van der Waals surface area contributed by atoms with Gasteiger partial charge in [-0.15, -0.1) is 0 Å². The van der Waals surface area contributed by atoms with E-state index in [1.54, 1.807) is 46.6 Å². The summed E-state index contributed by atoms with van der Waals surface area (Å²) in [5.41, 5.74) is 3.62. The Bertz CT molecular complexity index is 3430. The third-order valence-corrected chi connectivity index (χ3v) is 14.3. The van der Waals surface area contributed by atoms with Crippen LogP contribution in [0.25, 0.3) is 26.4 Å². The number of allylic oxidation sites excluding steroid dienone is 7. The van der Waals surface area contributed by atoms with Gasteiger partial charge in [-0.05, 0) is 128 Å². The highest BCUT2D eigenvalue weighted by Crippen LogP contribution is 2.57. The Kier molecular flexibility index (Phi) is 17.1. The summed E-state index contributed by atoms with van der Waals surface area (Å²) in [6, 6.07) is 44.8. The molecule has 0 aromatic heterocycles. The van der Waals surface area contributed by atoms with Gasteiger partial charge in [-0.1, -0.05) is 115 Å². The number of nitriles is 1. The minimum absolute atomic E-state index is 0.0689. The van der Waals surface area contributed by atoms with Crippen molar-refractivity contribution in [2.75, 3.05) is 38.2 Å². The molecule has 400 valence electrons. The molecule has 14 heteroatoms. The number of nitrogens with zero attached hydrogens (tertiary/aromatic N) is 5. The van der Waals surface area contributed by atoms with Crippen molar-refractivity contribution in [1.29, 1.82) is 5.26 Å². The van der Waals surface area contributed by atoms with Gasteiger partial charge in [0.25, 0.3) is 5.70 Å². The van der Waals surface area contributed by atoms with Gasteiger partial charge in [0.1, 0.15) is 5.76 Å². The van der Waals surface area contributed by atoms with E-state index in [0.717, 1.165) is 50.6 Å². The summed E-state index contributed by atoms with van der Waals surface area (Å²) in [5, 5.41) is 10.2. The van der Waals surface area contributed by atoms with E-state index in [4.69, 9.17) is 48.4 Å². The van der Waals surface area contributed by atoms with Gasteiger partial charge in [0.2, 0.25) is 11.3 Å². The average Bonchev–Trinajstić information content (AvgIpc) is 4.02. The molecule has 0 radical (unpaired) electrons. The molecular weight excluding hydrogens is 1020 g/mol. The van der Waals surface area contributed by atoms with Gasteiger partial charge in [0.05, 0.1) is 47.7 Å². The zero-order valence-corrected chi connectivity index (χ0v) is 45.7. The van der Waals surface area contributed by atoms with Crippen molar-refractivity contribution in [2.24, 2.45) is 0 Å². The molecular formula is C65H57ClF3N5O5. The van der Waals surface area contributed by atoms with Gasteiger partial charge in [-0.25, -0.2) is 15.0 Å². The lowest BCUT2D eigenvalue weighted by atomic mass is 9.84. The maximum absolute atomic E-state index is 15.9. The summed E-state index contributed by atoms with van der Waals surface area (Å²) in [6.07, 6.45) is 2.26. The van der Waals surface area contributed by atoms with Crippen LogP contribution in [0, 0.1) is 24.5 Å². The second kappa shape index (κ2) is 24.1. The van der Waals surface area contributed by atoms with E-state index in [0.29, 0.717) is 52.0 Å². The van der Waals surface area contributed by atoms with Gasteiger partial charge in [0.15, 0.2) is 23.0 Å². The largest absolute Gasteiger partial charge is 0.493 e. The van der Waals surface area contributed by atoms with Crippen LogP contribution >= 0.6 is 11.6 Å². The van der Waals surface area contributed by atoms with E-state index >= 15 is 13.2 Å². The number of hydrogen-bond donors (Lipinski definition) is 0. The van der Waals surface area contributed by atoms with Crippen LogP contribution in [-0.4, -0.2) is 46.7 Å². The third kappa shape index (κ3) is 11.2. The topological polar surface area (TPSA) is 85.1 Å². The fourth-order valence-electron chi connectivity index (χ4n) is 10.0. The summed E-state index contributed by atoms with van der Waals surface area (Å²) in [7, 11) is 6.43. The first kappa shape index (κ1) is 56.1. The van der Waals surface area contributed by atoms with Crippen molar-refractivity contribution in [3.05, 3.63) is 242 Å². The molecule has 8 rings (SSSR count). The molecule has 1 heterocycles. The smallest absolute Gasteiger partial charge is 0.435 e. The Labute approximate surface area is 465 Å². The second-order valence-corrected chi connectivity index (χ2v) is 19.4. The molecule has 0 fully saturated rings. The van der Waals surface area contributed by atoms with E-state index in [2.05, 4.69) is 95.7 Å². The highest BCUT2D eigenvalue weighted by Gasteiger charge is 2.64. The minimum atomic E-state index is -5.16. The maximum atomic E-state index is 15.9. The summed E-state index contributed by atoms with van der Waals surface area (Å²) in [6.45, 7) is 24.2. The fraction of sp³-hybridized carbons (Fsp3) is 0.215. The number of halogens is 4. The zero-order chi connectivity index (χ0) is 56.6. The predicted molar refractivity (Wildman–Crippen MR) is 307 cm³/mol. The van der Waals surface area contributed by atoms with Crippen LogP contribution in [0.15, 0.2) is 203 Å². The summed E-state index contributed by atoms with van der Waals surface area (Å²) in [5.74, 6) is 1.73. The lowest BCUT2D eigenvalue weighted by Crippen LogP contribution is -2.43. The van der Waals surface area contributed by atoms with Crippen molar-refractivity contribution in [3.63, 3.8) is 0 Å². The fourth-order valence-corrected chi connectivity index (χ4v) is 10.3. The van der Waals surface area contributed by atoms with Gasteiger partial charge < -0.3 is 33.5 Å². The molecule has 0 bridgehead atoms. The molecule has 0 spiro atoms. The molecule has 79 heavy (non-hydrogen) atoms. The van der Waals surface area contributed by atoms with Crippen molar-refractivity contribution in [2.45, 2.75) is 64.4 Å². The highest BCUT2D eigenvalue weighted by molar-refractivity contribution is 6.33. The molecule has 0 amide bonds. The van der Waals surface area contributed by atoms with Gasteiger partial charge in [-0.3, -0.25) is 0 Å². The minimum Gasteiger partial charge on any atom is -0.493 e.